The van der Waals surface area contributed by atoms with Crippen LogP contribution in [0, 0.1) is 0 Å². The number of amides is 3. The smallest absolute Gasteiger partial charge is 0.325 e. The largest absolute Gasteiger partial charge is 0.497 e. The van der Waals surface area contributed by atoms with E-state index in [9.17, 15) is 9.59 Å². The number of nitrogens with one attached hydrogen (secondary N) is 2. The van der Waals surface area contributed by atoms with E-state index in [1.807, 2.05) is 24.3 Å². The van der Waals surface area contributed by atoms with Crippen LogP contribution in [0.25, 0.3) is 0 Å². The van der Waals surface area contributed by atoms with Crippen molar-refractivity contribution in [1.82, 2.24) is 15.5 Å². The number of fused-ring (bicyclic) bond motifs is 1. The summed E-state index contributed by atoms with van der Waals surface area (Å²) in [6, 6.07) is 12.0. The summed E-state index contributed by atoms with van der Waals surface area (Å²) in [5.41, 5.74) is 1.51. The van der Waals surface area contributed by atoms with Gasteiger partial charge in [0.1, 0.15) is 19.0 Å². The molecule has 3 aromatic rings. The molecule has 1 aliphatic heterocycles. The van der Waals surface area contributed by atoms with Crippen LogP contribution in [0.4, 0.5) is 10.5 Å². The van der Waals surface area contributed by atoms with Crippen LogP contribution in [0.5, 0.6) is 17.2 Å². The Balaban J connectivity index is 1.18. The summed E-state index contributed by atoms with van der Waals surface area (Å²) in [6.45, 7) is 0.933. The number of nitrogens with zero attached hydrogens (tertiary/aromatic N) is 2. The third-order valence-electron chi connectivity index (χ3n) is 4.57. The quantitative estimate of drug-likeness (QED) is 0.477. The summed E-state index contributed by atoms with van der Waals surface area (Å²) in [4.78, 5) is 24.1. The van der Waals surface area contributed by atoms with Crippen LogP contribution in [-0.4, -0.2) is 48.2 Å². The van der Waals surface area contributed by atoms with Gasteiger partial charge < -0.3 is 23.9 Å². The van der Waals surface area contributed by atoms with E-state index in [1.54, 1.807) is 25.3 Å². The van der Waals surface area contributed by atoms with E-state index in [-0.39, 0.29) is 6.42 Å². The SMILES string of the molecule is COc1ccc(Cc2nnc(SCCC(=O)NC(=O)Nc3ccc4c(c3)OCCO4)o2)cc1. The first kappa shape index (κ1) is 22.5. The molecule has 0 saturated carbocycles. The second-order valence-corrected chi connectivity index (χ2v) is 7.99. The highest BCUT2D eigenvalue weighted by Gasteiger charge is 2.14. The van der Waals surface area contributed by atoms with Crippen LogP contribution in [0.3, 0.4) is 0 Å². The fraction of sp³-hybridized carbons (Fsp3) is 0.273. The molecule has 2 N–H and O–H groups in total. The van der Waals surface area contributed by atoms with E-state index in [2.05, 4.69) is 20.8 Å². The lowest BCUT2D eigenvalue weighted by atomic mass is 10.1. The minimum Gasteiger partial charge on any atom is -0.497 e. The van der Waals surface area contributed by atoms with Crippen molar-refractivity contribution in [1.29, 1.82) is 0 Å². The van der Waals surface area contributed by atoms with Crippen molar-refractivity contribution >= 4 is 29.4 Å². The van der Waals surface area contributed by atoms with Gasteiger partial charge in [-0.15, -0.1) is 10.2 Å². The van der Waals surface area contributed by atoms with Crippen molar-refractivity contribution in [3.63, 3.8) is 0 Å². The Kier molecular flexibility index (Phi) is 7.30. The third-order valence-corrected chi connectivity index (χ3v) is 5.39. The predicted molar refractivity (Wildman–Crippen MR) is 120 cm³/mol. The van der Waals surface area contributed by atoms with Crippen molar-refractivity contribution in [3.8, 4) is 17.2 Å². The molecule has 4 rings (SSSR count). The van der Waals surface area contributed by atoms with Gasteiger partial charge in [-0.3, -0.25) is 10.1 Å². The lowest BCUT2D eigenvalue weighted by molar-refractivity contribution is -0.119. The first-order valence-electron chi connectivity index (χ1n) is 10.2. The number of methoxy groups -OCH3 is 1. The van der Waals surface area contributed by atoms with Gasteiger partial charge in [0.05, 0.1) is 13.5 Å². The molecule has 33 heavy (non-hydrogen) atoms. The van der Waals surface area contributed by atoms with Crippen molar-refractivity contribution in [2.24, 2.45) is 0 Å². The maximum Gasteiger partial charge on any atom is 0.325 e. The van der Waals surface area contributed by atoms with E-state index in [0.717, 1.165) is 11.3 Å². The predicted octanol–water partition coefficient (Wildman–Crippen LogP) is 3.27. The number of hydrogen-bond acceptors (Lipinski definition) is 9. The number of ether oxygens (including phenoxy) is 3. The molecule has 0 aliphatic carbocycles. The van der Waals surface area contributed by atoms with Gasteiger partial charge >= 0.3 is 6.03 Å². The topological polar surface area (TPSA) is 125 Å². The molecule has 1 aromatic heterocycles. The molecule has 0 unspecified atom stereocenters. The maximum atomic E-state index is 12.1. The van der Waals surface area contributed by atoms with Crippen LogP contribution in [0.1, 0.15) is 17.9 Å². The second kappa shape index (κ2) is 10.7. The Morgan fingerprint density at radius 1 is 1.06 bits per heavy atom. The van der Waals surface area contributed by atoms with Crippen LogP contribution in [0.15, 0.2) is 52.1 Å². The molecule has 0 fully saturated rings. The molecule has 1 aliphatic rings. The minimum absolute atomic E-state index is 0.107. The molecule has 0 saturated heterocycles. The molecule has 0 bridgehead atoms. The van der Waals surface area contributed by atoms with Crippen LogP contribution in [0.2, 0.25) is 0 Å². The zero-order valence-electron chi connectivity index (χ0n) is 17.8. The molecule has 2 aromatic carbocycles. The van der Waals surface area contributed by atoms with E-state index >= 15 is 0 Å². The Morgan fingerprint density at radius 3 is 2.64 bits per heavy atom. The van der Waals surface area contributed by atoms with E-state index in [0.29, 0.717) is 53.7 Å². The maximum absolute atomic E-state index is 12.1. The second-order valence-electron chi connectivity index (χ2n) is 6.95. The molecule has 172 valence electrons. The molecular formula is C22H22N4O6S. The molecular weight excluding hydrogens is 448 g/mol. The monoisotopic (exact) mass is 470 g/mol. The van der Waals surface area contributed by atoms with Crippen LogP contribution >= 0.6 is 11.8 Å². The number of urea groups is 1. The number of aromatic nitrogens is 2. The molecule has 0 spiro atoms. The fourth-order valence-electron chi connectivity index (χ4n) is 2.99. The fourth-order valence-corrected chi connectivity index (χ4v) is 3.71. The van der Waals surface area contributed by atoms with Gasteiger partial charge in [0, 0.05) is 23.9 Å². The minimum atomic E-state index is -0.624. The highest BCUT2D eigenvalue weighted by Crippen LogP contribution is 2.32. The van der Waals surface area contributed by atoms with Gasteiger partial charge in [-0.25, -0.2) is 4.79 Å². The standard InChI is InChI=1S/C22H22N4O6S/c1-29-16-5-2-14(3-6-16)12-20-25-26-22(32-20)33-11-8-19(27)24-21(28)23-15-4-7-17-18(13-15)31-10-9-30-17/h2-7,13H,8-12H2,1H3,(H2,23,24,27,28). The van der Waals surface area contributed by atoms with Crippen LogP contribution < -0.4 is 24.8 Å². The summed E-state index contributed by atoms with van der Waals surface area (Å²) in [7, 11) is 1.61. The number of rotatable bonds is 8. The average molecular weight is 471 g/mol. The molecule has 0 atom stereocenters. The van der Waals surface area contributed by atoms with Crippen molar-refractivity contribution in [2.45, 2.75) is 18.1 Å². The van der Waals surface area contributed by atoms with Gasteiger partial charge in [0.25, 0.3) is 5.22 Å². The van der Waals surface area contributed by atoms with Gasteiger partial charge in [0.15, 0.2) is 11.5 Å². The normalized spacial score (nSPS) is 12.2. The summed E-state index contributed by atoms with van der Waals surface area (Å²) in [5.74, 6) is 2.38. The van der Waals surface area contributed by atoms with E-state index < -0.39 is 11.9 Å². The number of thioether (sulfide) groups is 1. The molecule has 11 heteroatoms. The number of carbonyl (C=O) groups is 2. The number of imide groups is 1. The lowest BCUT2D eigenvalue weighted by Gasteiger charge is -2.19. The van der Waals surface area contributed by atoms with E-state index in [1.165, 1.54) is 11.8 Å². The summed E-state index contributed by atoms with van der Waals surface area (Å²) < 4.78 is 21.7. The average Bonchev–Trinajstić information content (AvgIpc) is 3.26. The lowest BCUT2D eigenvalue weighted by Crippen LogP contribution is -2.34. The number of carbonyl (C=O) groups excluding carboxylic acids is 2. The Hall–Kier alpha value is -3.73. The number of anilines is 1. The van der Waals surface area contributed by atoms with Crippen LogP contribution in [-0.2, 0) is 11.2 Å². The van der Waals surface area contributed by atoms with Crippen molar-refractivity contribution < 1.29 is 28.2 Å². The van der Waals surface area contributed by atoms with Gasteiger partial charge in [0.2, 0.25) is 11.8 Å². The molecule has 10 nitrogen and oxygen atoms in total. The first-order valence-corrected chi connectivity index (χ1v) is 11.2. The number of hydrogen-bond donors (Lipinski definition) is 2. The summed E-state index contributed by atoms with van der Waals surface area (Å²) >= 11 is 1.25. The van der Waals surface area contributed by atoms with Gasteiger partial charge in [-0.1, -0.05) is 23.9 Å². The first-order chi connectivity index (χ1) is 16.1. The highest BCUT2D eigenvalue weighted by atomic mass is 32.2. The Labute approximate surface area is 194 Å². The zero-order chi connectivity index (χ0) is 23.0. The molecule has 0 radical (unpaired) electrons. The molecule has 2 heterocycles. The summed E-state index contributed by atoms with van der Waals surface area (Å²) in [6.07, 6.45) is 0.605. The zero-order valence-corrected chi connectivity index (χ0v) is 18.6. The summed E-state index contributed by atoms with van der Waals surface area (Å²) in [5, 5.41) is 13.3. The van der Waals surface area contributed by atoms with Gasteiger partial charge in [-0.05, 0) is 29.8 Å². The Bertz CT molecular complexity index is 1120. The third kappa shape index (κ3) is 6.39. The molecule has 3 amide bonds. The number of benzene rings is 2. The van der Waals surface area contributed by atoms with E-state index in [4.69, 9.17) is 18.6 Å². The Morgan fingerprint density at radius 2 is 1.85 bits per heavy atom. The highest BCUT2D eigenvalue weighted by molar-refractivity contribution is 7.99. The van der Waals surface area contributed by atoms with Gasteiger partial charge in [-0.2, -0.15) is 0 Å². The van der Waals surface area contributed by atoms with Crippen molar-refractivity contribution in [3.05, 3.63) is 53.9 Å². The van der Waals surface area contributed by atoms with Crippen molar-refractivity contribution in [2.75, 3.05) is 31.4 Å².